The van der Waals surface area contributed by atoms with Crippen LogP contribution >= 0.6 is 0 Å². The first-order valence-electron chi connectivity index (χ1n) is 7.32. The van der Waals surface area contributed by atoms with Gasteiger partial charge in [-0.15, -0.1) is 0 Å². The van der Waals surface area contributed by atoms with Crippen LogP contribution in [-0.2, 0) is 19.1 Å². The highest BCUT2D eigenvalue weighted by atomic mass is 16.6. The number of nitrogens with zero attached hydrogens (tertiary/aromatic N) is 2. The van der Waals surface area contributed by atoms with Crippen LogP contribution < -0.4 is 0 Å². The van der Waals surface area contributed by atoms with E-state index in [2.05, 4.69) is 4.79 Å². The van der Waals surface area contributed by atoms with Crippen molar-refractivity contribution < 1.29 is 23.9 Å². The summed E-state index contributed by atoms with van der Waals surface area (Å²) in [5, 5.41) is 0. The Hall–Kier alpha value is -2.07. The molecule has 0 rings (SSSR count). The van der Waals surface area contributed by atoms with Gasteiger partial charge in [-0.25, -0.2) is 4.79 Å². The van der Waals surface area contributed by atoms with Crippen LogP contribution in [0.25, 0.3) is 5.53 Å². The van der Waals surface area contributed by atoms with E-state index in [0.717, 1.165) is 12.8 Å². The fraction of sp³-hybridized carbons (Fsp3) is 0.625. The van der Waals surface area contributed by atoms with Gasteiger partial charge < -0.3 is 10.3 Å². The molecule has 0 spiro atoms. The largest absolute Gasteiger partial charge is 0.451 e. The van der Waals surface area contributed by atoms with Gasteiger partial charge in [0, 0.05) is 19.3 Å². The Morgan fingerprint density at radius 1 is 1.14 bits per heavy atom. The van der Waals surface area contributed by atoms with E-state index in [1.54, 1.807) is 20.8 Å². The molecule has 6 heteroatoms. The Morgan fingerprint density at radius 2 is 1.77 bits per heavy atom. The molecule has 0 aliphatic heterocycles. The summed E-state index contributed by atoms with van der Waals surface area (Å²) in [6.07, 6.45) is 5.67. The number of unbranched alkanes of at least 4 members (excludes halogenated alkanes) is 1. The molecule has 0 aromatic heterocycles. The monoisotopic (exact) mass is 308 g/mol. The van der Waals surface area contributed by atoms with E-state index in [0.29, 0.717) is 6.42 Å². The maximum absolute atomic E-state index is 11.8. The molecule has 0 radical (unpaired) electrons. The van der Waals surface area contributed by atoms with Gasteiger partial charge in [-0.2, -0.15) is 4.79 Å². The highest BCUT2D eigenvalue weighted by Crippen LogP contribution is 2.09. The van der Waals surface area contributed by atoms with Crippen LogP contribution in [0.3, 0.4) is 0 Å². The number of carbonyl (C=O) groups is 3. The van der Waals surface area contributed by atoms with E-state index in [1.165, 1.54) is 0 Å². The summed E-state index contributed by atoms with van der Waals surface area (Å²) in [5.74, 6) is -1.74. The number of ketones is 2. The first-order valence-corrected chi connectivity index (χ1v) is 7.32. The molecule has 122 valence electrons. The predicted octanol–water partition coefficient (Wildman–Crippen LogP) is 2.66. The van der Waals surface area contributed by atoms with Crippen molar-refractivity contribution in [1.82, 2.24) is 0 Å². The number of ether oxygens (including phenoxy) is 1. The minimum absolute atomic E-state index is 0.0243. The molecule has 0 saturated carbocycles. The molecule has 0 unspecified atom stereocenters. The zero-order valence-corrected chi connectivity index (χ0v) is 13.7. The van der Waals surface area contributed by atoms with Crippen LogP contribution in [0.1, 0.15) is 59.8 Å². The van der Waals surface area contributed by atoms with Crippen LogP contribution in [0.5, 0.6) is 0 Å². The fourth-order valence-corrected chi connectivity index (χ4v) is 1.62. The van der Waals surface area contributed by atoms with Gasteiger partial charge in [0.15, 0.2) is 0 Å². The van der Waals surface area contributed by atoms with Gasteiger partial charge in [0.2, 0.25) is 0 Å². The molecule has 0 aromatic carbocycles. The number of rotatable bonds is 9. The molecule has 0 bridgehead atoms. The van der Waals surface area contributed by atoms with E-state index >= 15 is 0 Å². The molecule has 0 N–H and O–H groups in total. The van der Waals surface area contributed by atoms with Crippen molar-refractivity contribution in [2.75, 3.05) is 0 Å². The lowest BCUT2D eigenvalue weighted by Gasteiger charge is -2.17. The van der Waals surface area contributed by atoms with Crippen molar-refractivity contribution in [3.63, 3.8) is 0 Å². The van der Waals surface area contributed by atoms with Crippen LogP contribution in [0.2, 0.25) is 0 Å². The smallest absolute Gasteiger partial charge is 0.441 e. The molecule has 0 saturated heterocycles. The highest BCUT2D eigenvalue weighted by molar-refractivity contribution is 6.62. The third-order valence-electron chi connectivity index (χ3n) is 2.65. The van der Waals surface area contributed by atoms with Crippen LogP contribution in [-0.4, -0.2) is 33.6 Å². The Balaban J connectivity index is 4.37. The Bertz CT molecular complexity index is 495. The highest BCUT2D eigenvalue weighted by Gasteiger charge is 2.33. The maximum Gasteiger partial charge on any atom is 0.441 e. The van der Waals surface area contributed by atoms with Gasteiger partial charge in [-0.1, -0.05) is 12.2 Å². The van der Waals surface area contributed by atoms with E-state index in [4.69, 9.17) is 10.3 Å². The number of Topliss-reactive ketones (excluding diaryl/α,β-unsaturated/α-hetero) is 2. The Kier molecular flexibility index (Phi) is 8.87. The van der Waals surface area contributed by atoms with E-state index < -0.39 is 23.1 Å². The number of hydrogen-bond donors (Lipinski definition) is 0. The second-order valence-corrected chi connectivity index (χ2v) is 5.87. The molecular weight excluding hydrogens is 284 g/mol. The summed E-state index contributed by atoms with van der Waals surface area (Å²) in [7, 11) is 0. The lowest BCUT2D eigenvalue weighted by atomic mass is 10.0. The number of hydrogen-bond acceptors (Lipinski definition) is 4. The van der Waals surface area contributed by atoms with Crippen molar-refractivity contribution in [3.05, 3.63) is 17.7 Å². The van der Waals surface area contributed by atoms with E-state index in [1.807, 2.05) is 19.1 Å². The molecule has 0 aliphatic rings. The molecule has 0 atom stereocenters. The fourth-order valence-electron chi connectivity index (χ4n) is 1.62. The van der Waals surface area contributed by atoms with E-state index in [-0.39, 0.29) is 18.6 Å². The minimum atomic E-state index is -0.986. The van der Waals surface area contributed by atoms with Crippen LogP contribution in [0.4, 0.5) is 0 Å². The van der Waals surface area contributed by atoms with Gasteiger partial charge in [0.05, 0.1) is 0 Å². The number of carbonyl (C=O) groups excluding carboxylic acids is 3. The van der Waals surface area contributed by atoms with Crippen LogP contribution in [0.15, 0.2) is 12.2 Å². The summed E-state index contributed by atoms with van der Waals surface area (Å²) in [4.78, 5) is 37.9. The molecule has 0 amide bonds. The van der Waals surface area contributed by atoms with Gasteiger partial charge in [0.25, 0.3) is 5.78 Å². The molecule has 0 aromatic rings. The van der Waals surface area contributed by atoms with Gasteiger partial charge in [-0.3, -0.25) is 9.59 Å². The molecular formula is C16H24N2O4. The number of esters is 1. The van der Waals surface area contributed by atoms with Crippen molar-refractivity contribution in [2.45, 2.75) is 65.4 Å². The van der Waals surface area contributed by atoms with Crippen molar-refractivity contribution >= 4 is 23.2 Å². The summed E-state index contributed by atoms with van der Waals surface area (Å²) < 4.78 is 4.97. The van der Waals surface area contributed by atoms with E-state index in [9.17, 15) is 14.4 Å². The maximum atomic E-state index is 11.8. The minimum Gasteiger partial charge on any atom is -0.451 e. The topological polar surface area (TPSA) is 96.8 Å². The first kappa shape index (κ1) is 19.9. The van der Waals surface area contributed by atoms with Crippen molar-refractivity contribution in [1.29, 1.82) is 0 Å². The predicted molar refractivity (Wildman–Crippen MR) is 82.4 cm³/mol. The normalized spacial score (nSPS) is 11.1. The Labute approximate surface area is 131 Å². The van der Waals surface area contributed by atoms with Gasteiger partial charge in [-0.05, 0) is 40.5 Å². The first-order chi connectivity index (χ1) is 10.2. The molecule has 0 heterocycles. The second-order valence-electron chi connectivity index (χ2n) is 5.87. The Morgan fingerprint density at radius 3 is 2.27 bits per heavy atom. The zero-order valence-electron chi connectivity index (χ0n) is 13.7. The van der Waals surface area contributed by atoms with Gasteiger partial charge in [0.1, 0.15) is 11.4 Å². The molecule has 6 nitrogen and oxygen atoms in total. The molecule has 0 aliphatic carbocycles. The number of allylic oxidation sites excluding steroid dienone is 2. The standard InChI is InChI=1S/C16H24N2O4/c1-5-6-7-8-9-12(19)10-11-13(20)14(18-17)15(21)22-16(2,3)4/h5-6H,7-11H2,1-4H3/b6-5+. The van der Waals surface area contributed by atoms with Crippen molar-refractivity contribution in [3.8, 4) is 0 Å². The summed E-state index contributed by atoms with van der Waals surface area (Å²) in [6, 6.07) is 0. The van der Waals surface area contributed by atoms with Crippen molar-refractivity contribution in [2.24, 2.45) is 0 Å². The zero-order chi connectivity index (χ0) is 17.2. The molecule has 22 heavy (non-hydrogen) atoms. The summed E-state index contributed by atoms with van der Waals surface area (Å²) >= 11 is 0. The van der Waals surface area contributed by atoms with Crippen LogP contribution in [0, 0.1) is 0 Å². The summed E-state index contributed by atoms with van der Waals surface area (Å²) in [6.45, 7) is 6.82. The quantitative estimate of drug-likeness (QED) is 0.124. The third-order valence-corrected chi connectivity index (χ3v) is 2.65. The lowest BCUT2D eigenvalue weighted by Crippen LogP contribution is -2.34. The average Bonchev–Trinajstić information content (AvgIpc) is 2.40. The third kappa shape index (κ3) is 8.97. The summed E-state index contributed by atoms with van der Waals surface area (Å²) in [5.41, 5.74) is 7.34. The molecule has 0 fully saturated rings. The second kappa shape index (κ2) is 9.79. The SMILES string of the molecule is C/C=C/CCCC(=O)CCC(=O)C(=[N+]=[N-])C(=O)OC(C)(C)C. The lowest BCUT2D eigenvalue weighted by molar-refractivity contribution is -0.152. The van der Waals surface area contributed by atoms with Gasteiger partial charge >= 0.3 is 11.7 Å². The average molecular weight is 308 g/mol.